The minimum Gasteiger partial charge on any atom is -0.179 e. The largest absolute Gasteiger partial charge is 0.179 e. The van der Waals surface area contributed by atoms with Crippen molar-refractivity contribution >= 4 is 28.6 Å². The Hall–Kier alpha value is 0.830. The van der Waals surface area contributed by atoms with E-state index < -0.39 is 0 Å². The summed E-state index contributed by atoms with van der Waals surface area (Å²) in [4.78, 5) is 0. The minimum atomic E-state index is 1.07. The Morgan fingerprint density at radius 3 is 0.439 bits per heavy atom. The maximum Gasteiger partial charge on any atom is 0.00313 e. The van der Waals surface area contributed by atoms with Gasteiger partial charge < -0.3 is 0 Å². The summed E-state index contributed by atoms with van der Waals surface area (Å²) >= 11 is 7.82. The Bertz CT molecular complexity index is 388. The van der Waals surface area contributed by atoms with Crippen molar-refractivity contribution in [3.8, 4) is 0 Å². The van der Waals surface area contributed by atoms with Crippen LogP contribution in [-0.4, -0.2) is 11.1 Å². The third-order valence-corrected chi connectivity index (χ3v) is 10.2. The highest BCUT2D eigenvalue weighted by molar-refractivity contribution is 9.09. The van der Waals surface area contributed by atoms with Gasteiger partial charge >= 0.3 is 0 Å². The molecule has 0 aliphatic rings. The molecule has 0 saturated heterocycles. The van der Waals surface area contributed by atoms with Crippen LogP contribution in [0.15, 0.2) is 0 Å². The summed E-state index contributed by atoms with van der Waals surface area (Å²) in [6.45, 7) is 0. The van der Waals surface area contributed by atoms with E-state index >= 15 is 0 Å². The maximum atomic E-state index is 4.29. The lowest BCUT2D eigenvalue weighted by Gasteiger charge is -2.05. The van der Waals surface area contributed by atoms with Crippen molar-refractivity contribution in [1.82, 2.24) is 0 Å². The van der Waals surface area contributed by atoms with Gasteiger partial charge in [0.05, 0.1) is 0 Å². The van der Waals surface area contributed by atoms with Crippen LogP contribution in [0.2, 0.25) is 0 Å². The second-order valence-corrected chi connectivity index (χ2v) is 14.7. The third-order valence-electron chi connectivity index (χ3n) is 9.29. The molecule has 0 aromatic rings. The third kappa shape index (κ3) is 40.8. The van der Waals surface area contributed by atoms with Gasteiger partial charge in [-0.3, -0.25) is 0 Å². The zero-order valence-corrected chi connectivity index (χ0v) is 30.9. The Kier molecular flexibility index (Phi) is 41.7. The van der Waals surface area contributed by atoms with Crippen LogP contribution in [-0.2, 0) is 0 Å². The van der Waals surface area contributed by atoms with E-state index in [1.165, 1.54) is 243 Å². The first kappa shape index (κ1) is 41.8. The molecule has 41 heavy (non-hydrogen) atoms. The molecule has 0 atom stereocenters. The van der Waals surface area contributed by atoms with Crippen LogP contribution in [0.3, 0.4) is 0 Å². The van der Waals surface area contributed by atoms with E-state index in [1.807, 2.05) is 0 Å². The molecular formula is C39H79BrS. The van der Waals surface area contributed by atoms with Crippen LogP contribution >= 0.6 is 28.6 Å². The lowest BCUT2D eigenvalue weighted by molar-refractivity contribution is 0.510. The number of rotatable bonds is 38. The van der Waals surface area contributed by atoms with E-state index in [0.717, 1.165) is 5.75 Å². The second kappa shape index (κ2) is 40.8. The zero-order chi connectivity index (χ0) is 29.6. The van der Waals surface area contributed by atoms with Gasteiger partial charge in [0.25, 0.3) is 0 Å². The molecule has 0 aliphatic carbocycles. The quantitative estimate of drug-likeness (QED) is 0.0381. The Morgan fingerprint density at radius 1 is 0.195 bits per heavy atom. The molecule has 0 radical (unpaired) electrons. The van der Waals surface area contributed by atoms with Crippen molar-refractivity contribution in [2.45, 2.75) is 238 Å². The summed E-state index contributed by atoms with van der Waals surface area (Å²) in [6.07, 6.45) is 54.4. The fraction of sp³-hybridized carbons (Fsp3) is 1.00. The van der Waals surface area contributed by atoms with E-state index in [9.17, 15) is 0 Å². The van der Waals surface area contributed by atoms with E-state index in [0.29, 0.717) is 0 Å². The highest BCUT2D eigenvalue weighted by Gasteiger charge is 1.97. The summed E-state index contributed by atoms with van der Waals surface area (Å²) in [5.74, 6) is 1.07. The minimum absolute atomic E-state index is 1.07. The fourth-order valence-corrected chi connectivity index (χ4v) is 7.01. The number of alkyl halides is 1. The van der Waals surface area contributed by atoms with Crippen molar-refractivity contribution in [2.75, 3.05) is 11.1 Å². The second-order valence-electron chi connectivity index (χ2n) is 13.5. The normalized spacial score (nSPS) is 11.6. The molecule has 0 aliphatic heterocycles. The zero-order valence-electron chi connectivity index (χ0n) is 28.4. The number of thiol groups is 1. The van der Waals surface area contributed by atoms with Gasteiger partial charge in [-0.15, -0.1) is 0 Å². The molecule has 0 saturated carbocycles. The molecular weight excluding hydrogens is 580 g/mol. The van der Waals surface area contributed by atoms with Crippen LogP contribution in [0.25, 0.3) is 0 Å². The van der Waals surface area contributed by atoms with Crippen molar-refractivity contribution in [3.05, 3.63) is 0 Å². The predicted molar refractivity (Wildman–Crippen MR) is 198 cm³/mol. The average Bonchev–Trinajstić information content (AvgIpc) is 2.98. The molecule has 0 fully saturated rings. The maximum absolute atomic E-state index is 4.29. The van der Waals surface area contributed by atoms with E-state index in [1.54, 1.807) is 0 Å². The van der Waals surface area contributed by atoms with Crippen LogP contribution < -0.4 is 0 Å². The van der Waals surface area contributed by atoms with Gasteiger partial charge in [0, 0.05) is 5.33 Å². The molecule has 0 amide bonds. The van der Waals surface area contributed by atoms with Crippen molar-refractivity contribution in [2.24, 2.45) is 0 Å². The topological polar surface area (TPSA) is 0 Å². The van der Waals surface area contributed by atoms with Crippen molar-refractivity contribution in [1.29, 1.82) is 0 Å². The molecule has 0 aromatic heterocycles. The van der Waals surface area contributed by atoms with E-state index in [2.05, 4.69) is 28.6 Å². The predicted octanol–water partition coefficient (Wildman–Crippen LogP) is 15.7. The lowest BCUT2D eigenvalue weighted by Crippen LogP contribution is -1.85. The first-order valence-corrected chi connectivity index (χ1v) is 21.3. The molecule has 248 valence electrons. The first-order chi connectivity index (χ1) is 20.4. The van der Waals surface area contributed by atoms with Crippen LogP contribution in [0.1, 0.15) is 238 Å². The van der Waals surface area contributed by atoms with Crippen molar-refractivity contribution in [3.63, 3.8) is 0 Å². The summed E-state index contributed by atoms with van der Waals surface area (Å²) in [7, 11) is 0. The highest BCUT2D eigenvalue weighted by atomic mass is 79.9. The SMILES string of the molecule is SCCCCCCCCCCCCCCCCCCCCCCCCCCCCCCCCCCCCCCCBr. The Labute approximate surface area is 276 Å². The van der Waals surface area contributed by atoms with Crippen LogP contribution in [0, 0.1) is 0 Å². The van der Waals surface area contributed by atoms with E-state index in [4.69, 9.17) is 0 Å². The number of unbranched alkanes of at least 4 members (excludes halogenated alkanes) is 36. The summed E-state index contributed by atoms with van der Waals surface area (Å²) in [6, 6.07) is 0. The number of halogens is 1. The fourth-order valence-electron chi connectivity index (χ4n) is 6.39. The van der Waals surface area contributed by atoms with Gasteiger partial charge in [-0.05, 0) is 18.6 Å². The lowest BCUT2D eigenvalue weighted by atomic mass is 10.0. The standard InChI is InChI=1S/C39H79BrS/c40-38-36-34-32-30-28-26-24-22-20-18-16-14-12-10-8-6-4-2-1-3-5-7-9-11-13-15-17-19-21-23-25-27-29-31-33-35-37-39-41/h41H,1-39H2. The molecule has 0 aromatic carbocycles. The van der Waals surface area contributed by atoms with Gasteiger partial charge in [-0.25, -0.2) is 0 Å². The van der Waals surface area contributed by atoms with Gasteiger partial charge in [-0.2, -0.15) is 12.6 Å². The average molecular weight is 660 g/mol. The highest BCUT2D eigenvalue weighted by Crippen LogP contribution is 2.17. The summed E-state index contributed by atoms with van der Waals surface area (Å²) in [5.41, 5.74) is 0. The molecule has 0 unspecified atom stereocenters. The van der Waals surface area contributed by atoms with Gasteiger partial charge in [-0.1, -0.05) is 241 Å². The Morgan fingerprint density at radius 2 is 0.317 bits per heavy atom. The molecule has 2 heteroatoms. The molecule has 0 bridgehead atoms. The first-order valence-electron chi connectivity index (χ1n) is 19.6. The Balaban J connectivity index is 3.02. The van der Waals surface area contributed by atoms with Gasteiger partial charge in [0.15, 0.2) is 0 Å². The summed E-state index contributed by atoms with van der Waals surface area (Å²) < 4.78 is 0. The monoisotopic (exact) mass is 659 g/mol. The number of hydrogen-bond acceptors (Lipinski definition) is 1. The molecule has 0 nitrogen and oxygen atoms in total. The molecule has 0 N–H and O–H groups in total. The van der Waals surface area contributed by atoms with Crippen LogP contribution in [0.5, 0.6) is 0 Å². The molecule has 0 heterocycles. The van der Waals surface area contributed by atoms with Crippen LogP contribution in [0.4, 0.5) is 0 Å². The smallest absolute Gasteiger partial charge is 0.00313 e. The molecule has 0 rings (SSSR count). The van der Waals surface area contributed by atoms with E-state index in [-0.39, 0.29) is 0 Å². The summed E-state index contributed by atoms with van der Waals surface area (Å²) in [5, 5.41) is 1.19. The van der Waals surface area contributed by atoms with Gasteiger partial charge in [0.1, 0.15) is 0 Å². The molecule has 0 spiro atoms. The van der Waals surface area contributed by atoms with Crippen molar-refractivity contribution < 1.29 is 0 Å². The number of hydrogen-bond donors (Lipinski definition) is 1. The van der Waals surface area contributed by atoms with Gasteiger partial charge in [0.2, 0.25) is 0 Å².